The highest BCUT2D eigenvalue weighted by Crippen LogP contribution is 2.36. The number of ether oxygens (including phenoxy) is 1. The van der Waals surface area contributed by atoms with Crippen molar-refractivity contribution in [2.75, 3.05) is 7.11 Å². The highest BCUT2D eigenvalue weighted by molar-refractivity contribution is 6.31. The number of aromatic carboxylic acids is 1. The minimum absolute atomic E-state index is 0.294. The summed E-state index contributed by atoms with van der Waals surface area (Å²) in [5, 5.41) is 8.36. The molecule has 0 radical (unpaired) electrons. The highest BCUT2D eigenvalue weighted by Gasteiger charge is 2.25. The zero-order valence-electron chi connectivity index (χ0n) is 7.50. The highest BCUT2D eigenvalue weighted by atomic mass is 35.5. The maximum Gasteiger partial charge on any atom is 0.337 e. The Morgan fingerprint density at radius 3 is 2.67 bits per heavy atom. The minimum Gasteiger partial charge on any atom is -0.493 e. The van der Waals surface area contributed by atoms with Gasteiger partial charge in [-0.05, 0) is 0 Å². The van der Waals surface area contributed by atoms with Gasteiger partial charge >= 0.3 is 5.97 Å². The van der Waals surface area contributed by atoms with E-state index in [0.717, 1.165) is 13.3 Å². The Morgan fingerprint density at radius 1 is 1.67 bits per heavy atom. The van der Waals surface area contributed by atoms with Crippen LogP contribution in [0.1, 0.15) is 22.3 Å². The van der Waals surface area contributed by atoms with Crippen molar-refractivity contribution in [1.29, 1.82) is 0 Å². The van der Waals surface area contributed by atoms with Crippen LogP contribution in [-0.4, -0.2) is 23.2 Å². The van der Waals surface area contributed by atoms with Gasteiger partial charge in [0.1, 0.15) is 0 Å². The van der Waals surface area contributed by atoms with Crippen molar-refractivity contribution in [3.63, 3.8) is 0 Å². The molecule has 0 aliphatic carbocycles. The molecule has 7 heteroatoms. The van der Waals surface area contributed by atoms with E-state index in [2.05, 4.69) is 9.72 Å². The van der Waals surface area contributed by atoms with Gasteiger partial charge in [-0.25, -0.2) is 18.6 Å². The van der Waals surface area contributed by atoms with E-state index in [9.17, 15) is 13.6 Å². The lowest BCUT2D eigenvalue weighted by Gasteiger charge is -2.11. The number of carbonyl (C=O) groups is 1. The van der Waals surface area contributed by atoms with Crippen LogP contribution in [0.2, 0.25) is 5.15 Å². The van der Waals surface area contributed by atoms with E-state index in [1.165, 1.54) is 0 Å². The summed E-state index contributed by atoms with van der Waals surface area (Å²) >= 11 is 5.49. The normalized spacial score (nSPS) is 10.5. The second-order valence-electron chi connectivity index (χ2n) is 2.52. The van der Waals surface area contributed by atoms with Gasteiger partial charge < -0.3 is 9.84 Å². The SMILES string of the molecule is COc1c(Cl)ncc(C(=O)O)c1C(F)F. The largest absolute Gasteiger partial charge is 0.493 e. The van der Waals surface area contributed by atoms with Crippen LogP contribution in [0.5, 0.6) is 5.75 Å². The Labute approximate surface area is 88.4 Å². The van der Waals surface area contributed by atoms with Gasteiger partial charge in [-0.15, -0.1) is 0 Å². The molecule has 15 heavy (non-hydrogen) atoms. The standard InChI is InChI=1S/C8H6ClF2NO3/c1-15-5-4(7(10)11)3(8(13)14)2-12-6(5)9/h2,7H,1H3,(H,13,14). The third-order valence-corrected chi connectivity index (χ3v) is 1.95. The number of hydrogen-bond donors (Lipinski definition) is 1. The van der Waals surface area contributed by atoms with Crippen LogP contribution in [0, 0.1) is 0 Å². The predicted octanol–water partition coefficient (Wildman–Crippen LogP) is 2.38. The molecule has 0 aromatic carbocycles. The van der Waals surface area contributed by atoms with Crippen molar-refractivity contribution in [1.82, 2.24) is 4.98 Å². The van der Waals surface area contributed by atoms with Crippen LogP contribution in [-0.2, 0) is 0 Å². The second kappa shape index (κ2) is 4.39. The zero-order valence-corrected chi connectivity index (χ0v) is 8.26. The van der Waals surface area contributed by atoms with Gasteiger partial charge in [0.05, 0.1) is 18.2 Å². The Hall–Kier alpha value is -1.43. The molecule has 0 aliphatic heterocycles. The molecule has 4 nitrogen and oxygen atoms in total. The number of hydrogen-bond acceptors (Lipinski definition) is 3. The average Bonchev–Trinajstić information content (AvgIpc) is 2.16. The molecule has 0 aliphatic rings. The van der Waals surface area contributed by atoms with Gasteiger partial charge in [0.2, 0.25) is 0 Å². The van der Waals surface area contributed by atoms with Crippen LogP contribution < -0.4 is 4.74 Å². The minimum atomic E-state index is -2.99. The quantitative estimate of drug-likeness (QED) is 0.820. The molecule has 0 amide bonds. The van der Waals surface area contributed by atoms with Gasteiger partial charge in [0, 0.05) is 6.20 Å². The lowest BCUT2D eigenvalue weighted by molar-refractivity contribution is 0.0682. The smallest absolute Gasteiger partial charge is 0.337 e. The van der Waals surface area contributed by atoms with Crippen molar-refractivity contribution in [2.45, 2.75) is 6.43 Å². The van der Waals surface area contributed by atoms with Crippen molar-refractivity contribution in [3.05, 3.63) is 22.5 Å². The second-order valence-corrected chi connectivity index (χ2v) is 2.87. The molecular weight excluding hydrogens is 232 g/mol. The molecule has 0 fully saturated rings. The summed E-state index contributed by atoms with van der Waals surface area (Å²) in [5.41, 5.74) is -1.38. The number of pyridine rings is 1. The molecule has 0 spiro atoms. The van der Waals surface area contributed by atoms with E-state index in [1.54, 1.807) is 0 Å². The molecule has 1 N–H and O–H groups in total. The van der Waals surface area contributed by atoms with Gasteiger partial charge in [-0.1, -0.05) is 11.6 Å². The van der Waals surface area contributed by atoms with E-state index in [4.69, 9.17) is 16.7 Å². The fourth-order valence-electron chi connectivity index (χ4n) is 1.06. The number of carboxylic acids is 1. The summed E-state index contributed by atoms with van der Waals surface area (Å²) in [6.07, 6.45) is -2.22. The van der Waals surface area contributed by atoms with E-state index in [1.807, 2.05) is 0 Å². The van der Waals surface area contributed by atoms with Gasteiger partial charge in [0.25, 0.3) is 6.43 Å². The number of nitrogens with zero attached hydrogens (tertiary/aromatic N) is 1. The molecule has 0 saturated carbocycles. The first kappa shape index (κ1) is 11.6. The molecule has 1 aromatic rings. The predicted molar refractivity (Wildman–Crippen MR) is 47.7 cm³/mol. The number of alkyl halides is 2. The molecule has 0 atom stereocenters. The van der Waals surface area contributed by atoms with E-state index >= 15 is 0 Å². The van der Waals surface area contributed by atoms with Crippen LogP contribution in [0.3, 0.4) is 0 Å². The molecule has 1 heterocycles. The summed E-state index contributed by atoms with van der Waals surface area (Å²) in [6.45, 7) is 0. The first-order valence-electron chi connectivity index (χ1n) is 3.72. The van der Waals surface area contributed by atoms with E-state index in [-0.39, 0.29) is 5.15 Å². The number of carboxylic acid groups (broad SMARTS) is 1. The third-order valence-electron chi connectivity index (χ3n) is 1.68. The van der Waals surface area contributed by atoms with Crippen LogP contribution in [0.4, 0.5) is 8.78 Å². The fourth-order valence-corrected chi connectivity index (χ4v) is 1.29. The molecule has 0 bridgehead atoms. The Bertz CT molecular complexity index is 398. The van der Waals surface area contributed by atoms with Crippen molar-refractivity contribution in [3.8, 4) is 5.75 Å². The number of rotatable bonds is 3. The summed E-state index contributed by atoms with van der Waals surface area (Å²) in [6, 6.07) is 0. The van der Waals surface area contributed by atoms with Gasteiger partial charge in [0.15, 0.2) is 10.9 Å². The number of aromatic nitrogens is 1. The Balaban J connectivity index is 3.49. The molecule has 0 unspecified atom stereocenters. The first-order chi connectivity index (χ1) is 6.99. The maximum absolute atomic E-state index is 12.6. The average molecular weight is 238 g/mol. The van der Waals surface area contributed by atoms with Crippen LogP contribution in [0.15, 0.2) is 6.20 Å². The molecule has 1 rings (SSSR count). The Kier molecular flexibility index (Phi) is 3.41. The molecule has 0 saturated heterocycles. The lowest BCUT2D eigenvalue weighted by atomic mass is 10.1. The lowest BCUT2D eigenvalue weighted by Crippen LogP contribution is -2.06. The van der Waals surface area contributed by atoms with Crippen molar-refractivity contribution in [2.24, 2.45) is 0 Å². The topological polar surface area (TPSA) is 59.4 Å². The monoisotopic (exact) mass is 237 g/mol. The van der Waals surface area contributed by atoms with Gasteiger partial charge in [-0.2, -0.15) is 0 Å². The zero-order chi connectivity index (χ0) is 11.6. The summed E-state index contributed by atoms with van der Waals surface area (Å²) in [4.78, 5) is 14.1. The molecule has 1 aromatic heterocycles. The molecule has 82 valence electrons. The van der Waals surface area contributed by atoms with Crippen molar-refractivity contribution >= 4 is 17.6 Å². The van der Waals surface area contributed by atoms with E-state index in [0.29, 0.717) is 0 Å². The first-order valence-corrected chi connectivity index (χ1v) is 4.10. The van der Waals surface area contributed by atoms with Crippen LogP contribution in [0.25, 0.3) is 0 Å². The number of halogens is 3. The Morgan fingerprint density at radius 2 is 2.27 bits per heavy atom. The maximum atomic E-state index is 12.6. The summed E-state index contributed by atoms with van der Waals surface area (Å²) in [7, 11) is 1.11. The third kappa shape index (κ3) is 2.15. The van der Waals surface area contributed by atoms with Crippen LogP contribution >= 0.6 is 11.6 Å². The molecular formula is C8H6ClF2NO3. The fraction of sp³-hybridized carbons (Fsp3) is 0.250. The van der Waals surface area contributed by atoms with Crippen molar-refractivity contribution < 1.29 is 23.4 Å². The van der Waals surface area contributed by atoms with Gasteiger partial charge in [-0.3, -0.25) is 0 Å². The van der Waals surface area contributed by atoms with E-state index < -0.39 is 29.3 Å². The summed E-state index contributed by atoms with van der Waals surface area (Å²) < 4.78 is 29.8. The number of methoxy groups -OCH3 is 1. The summed E-state index contributed by atoms with van der Waals surface area (Å²) in [5.74, 6) is -1.92.